The fraction of sp³-hybridized carbons (Fsp3) is 0.333. The third-order valence-electron chi connectivity index (χ3n) is 2.53. The van der Waals surface area contributed by atoms with Gasteiger partial charge in [-0.2, -0.15) is 5.10 Å². The third kappa shape index (κ3) is 1.41. The van der Waals surface area contributed by atoms with E-state index >= 15 is 0 Å². The molecule has 7 nitrogen and oxygen atoms in total. The van der Waals surface area contributed by atoms with Crippen LogP contribution in [0.4, 0.5) is 0 Å². The highest BCUT2D eigenvalue weighted by Gasteiger charge is 2.17. The molecule has 0 radical (unpaired) electrons. The molecule has 0 fully saturated rings. The van der Waals surface area contributed by atoms with Crippen molar-refractivity contribution in [2.45, 2.75) is 13.1 Å². The summed E-state index contributed by atoms with van der Waals surface area (Å²) in [6, 6.07) is 3.09. The van der Waals surface area contributed by atoms with Crippen LogP contribution >= 0.6 is 0 Å². The van der Waals surface area contributed by atoms with Crippen LogP contribution in [0, 0.1) is 0 Å². The van der Waals surface area contributed by atoms with Gasteiger partial charge in [0, 0.05) is 19.2 Å². The molecular formula is C9H10N6O. The first-order valence-corrected chi connectivity index (χ1v) is 5.03. The highest BCUT2D eigenvalue weighted by Crippen LogP contribution is 2.15. The van der Waals surface area contributed by atoms with Crippen LogP contribution in [0.1, 0.15) is 5.82 Å². The fourth-order valence-electron chi connectivity index (χ4n) is 1.75. The highest BCUT2D eigenvalue weighted by atomic mass is 16.1. The van der Waals surface area contributed by atoms with E-state index in [1.807, 2.05) is 4.57 Å². The fourth-order valence-corrected chi connectivity index (χ4v) is 1.75. The van der Waals surface area contributed by atoms with Gasteiger partial charge in [0.15, 0.2) is 5.82 Å². The van der Waals surface area contributed by atoms with Crippen molar-refractivity contribution in [2.75, 3.05) is 6.54 Å². The van der Waals surface area contributed by atoms with E-state index in [-0.39, 0.29) is 5.56 Å². The van der Waals surface area contributed by atoms with E-state index in [1.165, 1.54) is 6.07 Å². The lowest BCUT2D eigenvalue weighted by Crippen LogP contribution is -2.28. The molecule has 0 spiro atoms. The third-order valence-corrected chi connectivity index (χ3v) is 2.53. The molecule has 2 aromatic heterocycles. The van der Waals surface area contributed by atoms with E-state index in [0.29, 0.717) is 11.5 Å². The molecule has 0 bridgehead atoms. The standard InChI is InChI=1S/C9H10N6O/c16-8-2-1-6(11-13-8)9-14-12-7-5-10-3-4-15(7)9/h1-2,10H,3-5H2,(H,13,16). The average Bonchev–Trinajstić information content (AvgIpc) is 2.74. The number of aromatic nitrogens is 5. The molecular weight excluding hydrogens is 208 g/mol. The molecule has 16 heavy (non-hydrogen) atoms. The van der Waals surface area contributed by atoms with Crippen LogP contribution in [0.2, 0.25) is 0 Å². The van der Waals surface area contributed by atoms with Gasteiger partial charge < -0.3 is 9.88 Å². The van der Waals surface area contributed by atoms with Crippen LogP contribution in [0.5, 0.6) is 0 Å². The van der Waals surface area contributed by atoms with Crippen molar-refractivity contribution in [1.82, 2.24) is 30.3 Å². The van der Waals surface area contributed by atoms with Crippen molar-refractivity contribution < 1.29 is 0 Å². The second-order valence-electron chi connectivity index (χ2n) is 3.57. The molecule has 0 atom stereocenters. The minimum absolute atomic E-state index is 0.219. The van der Waals surface area contributed by atoms with Gasteiger partial charge in [0.1, 0.15) is 11.5 Å². The Morgan fingerprint density at radius 1 is 1.31 bits per heavy atom. The number of nitrogens with one attached hydrogen (secondary N) is 2. The van der Waals surface area contributed by atoms with Crippen molar-refractivity contribution in [3.05, 3.63) is 28.3 Å². The zero-order valence-corrected chi connectivity index (χ0v) is 8.47. The van der Waals surface area contributed by atoms with Gasteiger partial charge in [-0.1, -0.05) is 0 Å². The SMILES string of the molecule is O=c1ccc(-c2nnc3n2CCNC3)n[nH]1. The van der Waals surface area contributed by atoms with E-state index in [0.717, 1.165) is 25.5 Å². The predicted octanol–water partition coefficient (Wildman–Crippen LogP) is -0.868. The van der Waals surface area contributed by atoms with Crippen molar-refractivity contribution in [3.8, 4) is 11.5 Å². The molecule has 0 aromatic carbocycles. The van der Waals surface area contributed by atoms with Crippen LogP contribution in [-0.2, 0) is 13.1 Å². The predicted molar refractivity (Wildman–Crippen MR) is 55.6 cm³/mol. The molecule has 2 N–H and O–H groups in total. The second kappa shape index (κ2) is 3.53. The number of hydrogen-bond acceptors (Lipinski definition) is 5. The zero-order valence-electron chi connectivity index (χ0n) is 8.47. The number of nitrogens with zero attached hydrogens (tertiary/aromatic N) is 4. The summed E-state index contributed by atoms with van der Waals surface area (Å²) in [7, 11) is 0. The van der Waals surface area contributed by atoms with Gasteiger partial charge in [-0.05, 0) is 6.07 Å². The Hall–Kier alpha value is -2.02. The summed E-state index contributed by atoms with van der Waals surface area (Å²) in [5.74, 6) is 1.60. The number of aromatic amines is 1. The Bertz CT molecular complexity index is 551. The summed E-state index contributed by atoms with van der Waals surface area (Å²) in [5.41, 5.74) is 0.420. The Morgan fingerprint density at radius 2 is 2.25 bits per heavy atom. The lowest BCUT2D eigenvalue weighted by molar-refractivity contribution is 0.508. The molecule has 1 aliphatic heterocycles. The maximum Gasteiger partial charge on any atom is 0.264 e. The Balaban J connectivity index is 2.09. The first-order valence-electron chi connectivity index (χ1n) is 5.03. The first kappa shape index (κ1) is 9.22. The number of rotatable bonds is 1. The lowest BCUT2D eigenvalue weighted by atomic mass is 10.3. The van der Waals surface area contributed by atoms with Gasteiger partial charge in [0.2, 0.25) is 0 Å². The Morgan fingerprint density at radius 3 is 3.06 bits per heavy atom. The maximum atomic E-state index is 10.9. The van der Waals surface area contributed by atoms with Crippen LogP contribution in [0.15, 0.2) is 16.9 Å². The summed E-state index contributed by atoms with van der Waals surface area (Å²) in [4.78, 5) is 10.9. The van der Waals surface area contributed by atoms with Gasteiger partial charge in [0.25, 0.3) is 5.56 Å². The molecule has 3 rings (SSSR count). The Labute approximate surface area is 90.5 Å². The number of H-pyrrole nitrogens is 1. The van der Waals surface area contributed by atoms with Gasteiger partial charge in [0.05, 0.1) is 6.54 Å². The lowest BCUT2D eigenvalue weighted by Gasteiger charge is -2.15. The van der Waals surface area contributed by atoms with Crippen LogP contribution in [0.25, 0.3) is 11.5 Å². The smallest absolute Gasteiger partial charge is 0.264 e. The van der Waals surface area contributed by atoms with Crippen LogP contribution < -0.4 is 10.9 Å². The van der Waals surface area contributed by atoms with E-state index in [9.17, 15) is 4.79 Å². The van der Waals surface area contributed by atoms with Crippen LogP contribution in [-0.4, -0.2) is 31.5 Å². The summed E-state index contributed by atoms with van der Waals surface area (Å²) < 4.78 is 2.01. The average molecular weight is 218 g/mol. The van der Waals surface area contributed by atoms with Crippen molar-refractivity contribution in [1.29, 1.82) is 0 Å². The maximum absolute atomic E-state index is 10.9. The monoisotopic (exact) mass is 218 g/mol. The minimum Gasteiger partial charge on any atom is -0.308 e. The molecule has 82 valence electrons. The largest absolute Gasteiger partial charge is 0.308 e. The van der Waals surface area contributed by atoms with Crippen molar-refractivity contribution >= 4 is 0 Å². The summed E-state index contributed by atoms with van der Waals surface area (Å²) in [6.07, 6.45) is 0. The highest BCUT2D eigenvalue weighted by molar-refractivity contribution is 5.48. The summed E-state index contributed by atoms with van der Waals surface area (Å²) in [6.45, 7) is 2.43. The molecule has 3 heterocycles. The normalized spacial score (nSPS) is 14.8. The molecule has 0 unspecified atom stereocenters. The number of fused-ring (bicyclic) bond motifs is 1. The molecule has 0 aliphatic carbocycles. The summed E-state index contributed by atoms with van der Waals surface area (Å²) >= 11 is 0. The second-order valence-corrected chi connectivity index (χ2v) is 3.57. The quantitative estimate of drug-likeness (QED) is 0.649. The molecule has 0 amide bonds. The van der Waals surface area contributed by atoms with E-state index in [4.69, 9.17) is 0 Å². The van der Waals surface area contributed by atoms with Gasteiger partial charge in [-0.15, -0.1) is 10.2 Å². The molecule has 1 aliphatic rings. The topological polar surface area (TPSA) is 88.5 Å². The first-order chi connectivity index (χ1) is 7.84. The van der Waals surface area contributed by atoms with Crippen molar-refractivity contribution in [2.24, 2.45) is 0 Å². The zero-order chi connectivity index (χ0) is 11.0. The van der Waals surface area contributed by atoms with E-state index < -0.39 is 0 Å². The van der Waals surface area contributed by atoms with Crippen molar-refractivity contribution in [3.63, 3.8) is 0 Å². The minimum atomic E-state index is -0.219. The summed E-state index contributed by atoms with van der Waals surface area (Å²) in [5, 5.41) is 17.7. The van der Waals surface area contributed by atoms with Gasteiger partial charge in [-0.25, -0.2) is 5.10 Å². The van der Waals surface area contributed by atoms with E-state index in [1.54, 1.807) is 6.07 Å². The molecule has 0 saturated heterocycles. The van der Waals surface area contributed by atoms with Crippen LogP contribution in [0.3, 0.4) is 0 Å². The Kier molecular flexibility index (Phi) is 2.03. The van der Waals surface area contributed by atoms with Gasteiger partial charge in [-0.3, -0.25) is 4.79 Å². The molecule has 7 heteroatoms. The number of hydrogen-bond donors (Lipinski definition) is 2. The van der Waals surface area contributed by atoms with Gasteiger partial charge >= 0.3 is 0 Å². The van der Waals surface area contributed by atoms with E-state index in [2.05, 4.69) is 25.7 Å². The molecule has 0 saturated carbocycles. The molecule has 2 aromatic rings.